The number of fused-ring (bicyclic) bond motifs is 4. The lowest BCUT2D eigenvalue weighted by molar-refractivity contribution is -0.228. The Morgan fingerprint density at radius 2 is 1.71 bits per heavy atom. The van der Waals surface area contributed by atoms with Gasteiger partial charge in [-0.25, -0.2) is 4.79 Å². The van der Waals surface area contributed by atoms with E-state index in [0.717, 1.165) is 54.1 Å². The van der Waals surface area contributed by atoms with Crippen molar-refractivity contribution in [3.8, 4) is 5.75 Å². The first-order valence-corrected chi connectivity index (χ1v) is 21.4. The number of para-hydroxylation sites is 1. The molecular formula is C46H54N4O9. The first-order valence-electron chi connectivity index (χ1n) is 21.4. The molecule has 2 saturated carbocycles. The van der Waals surface area contributed by atoms with E-state index in [9.17, 15) is 14.7 Å². The molecule has 13 heteroatoms. The first-order chi connectivity index (χ1) is 28.3. The van der Waals surface area contributed by atoms with Gasteiger partial charge >= 0.3 is 17.9 Å². The van der Waals surface area contributed by atoms with Gasteiger partial charge in [0, 0.05) is 73.2 Å². The highest BCUT2D eigenvalue weighted by Crippen LogP contribution is 2.71. The van der Waals surface area contributed by atoms with Gasteiger partial charge in [0.05, 0.1) is 50.3 Å². The zero-order valence-electron chi connectivity index (χ0n) is 34.9. The molecule has 1 N–H and O–H groups in total. The molecule has 9 aliphatic rings. The van der Waals surface area contributed by atoms with E-state index in [-0.39, 0.29) is 29.7 Å². The van der Waals surface area contributed by atoms with Gasteiger partial charge in [-0.3, -0.25) is 24.4 Å². The molecule has 59 heavy (non-hydrogen) atoms. The molecule has 7 heterocycles. The smallest absolute Gasteiger partial charge is 0.344 e. The molecule has 12 unspecified atom stereocenters. The van der Waals surface area contributed by atoms with Crippen molar-refractivity contribution in [2.45, 2.75) is 111 Å². The minimum atomic E-state index is -2.28. The third kappa shape index (κ3) is 4.03. The number of likely N-dealkylation sites (N-methyl/N-ethyl adjacent to an activating group) is 1. The van der Waals surface area contributed by atoms with Crippen molar-refractivity contribution in [1.29, 1.82) is 0 Å². The molecule has 2 aliphatic carbocycles. The zero-order valence-corrected chi connectivity index (χ0v) is 34.9. The molecule has 12 atom stereocenters. The average Bonchev–Trinajstić information content (AvgIpc) is 3.46. The van der Waals surface area contributed by atoms with E-state index in [2.05, 4.69) is 53.1 Å². The lowest BCUT2D eigenvalue weighted by Crippen LogP contribution is -2.81. The molecule has 2 aromatic carbocycles. The number of aliphatic imine (C=N–C) groups is 1. The summed E-state index contributed by atoms with van der Waals surface area (Å²) in [5.74, 6) is -1.37. The van der Waals surface area contributed by atoms with Crippen LogP contribution in [0.15, 0.2) is 53.5 Å². The summed E-state index contributed by atoms with van der Waals surface area (Å²) >= 11 is 0. The van der Waals surface area contributed by atoms with Crippen LogP contribution in [0.4, 0.5) is 11.4 Å². The van der Waals surface area contributed by atoms with Crippen molar-refractivity contribution in [3.05, 3.63) is 65.2 Å². The van der Waals surface area contributed by atoms with Crippen LogP contribution in [0.25, 0.3) is 0 Å². The number of carbonyl (C=O) groups excluding carboxylic acids is 3. The minimum Gasteiger partial charge on any atom is -0.496 e. The van der Waals surface area contributed by atoms with Crippen LogP contribution in [0.5, 0.6) is 5.75 Å². The van der Waals surface area contributed by atoms with Crippen LogP contribution in [0.2, 0.25) is 0 Å². The Bertz CT molecular complexity index is 2300. The van der Waals surface area contributed by atoms with E-state index in [4.69, 9.17) is 28.7 Å². The topological polar surface area (TPSA) is 143 Å². The van der Waals surface area contributed by atoms with E-state index in [1.807, 2.05) is 31.0 Å². The van der Waals surface area contributed by atoms with Crippen LogP contribution in [0.1, 0.15) is 69.6 Å². The Balaban J connectivity index is 1.20. The maximum Gasteiger partial charge on any atom is 0.344 e. The highest BCUT2D eigenvalue weighted by Gasteiger charge is 2.81. The van der Waals surface area contributed by atoms with Crippen molar-refractivity contribution >= 4 is 35.0 Å². The van der Waals surface area contributed by atoms with Crippen molar-refractivity contribution in [2.24, 2.45) is 16.3 Å². The van der Waals surface area contributed by atoms with Gasteiger partial charge in [0.15, 0.2) is 6.10 Å². The van der Waals surface area contributed by atoms with E-state index >= 15 is 4.79 Å². The third-order valence-electron chi connectivity index (χ3n) is 17.1. The van der Waals surface area contributed by atoms with Crippen molar-refractivity contribution in [3.63, 3.8) is 0 Å². The van der Waals surface area contributed by atoms with Crippen LogP contribution in [0.3, 0.4) is 0 Å². The summed E-state index contributed by atoms with van der Waals surface area (Å²) in [7, 11) is 6.24. The summed E-state index contributed by atoms with van der Waals surface area (Å²) in [6.07, 6.45) is 6.04. The van der Waals surface area contributed by atoms with Gasteiger partial charge < -0.3 is 33.7 Å². The monoisotopic (exact) mass is 806 g/mol. The summed E-state index contributed by atoms with van der Waals surface area (Å²) in [5.41, 5.74) is -1.18. The number of hydrogen-bond acceptors (Lipinski definition) is 13. The number of benzene rings is 2. The number of nitrogens with zero attached hydrogens (tertiary/aromatic N) is 4. The average molecular weight is 807 g/mol. The van der Waals surface area contributed by atoms with Crippen LogP contribution < -0.4 is 9.64 Å². The molecule has 0 bridgehead atoms. The fourth-order valence-electron chi connectivity index (χ4n) is 15.2. The number of aliphatic hydroxyl groups is 1. The molecule has 2 aromatic rings. The summed E-state index contributed by atoms with van der Waals surface area (Å²) in [5, 5.41) is 13.3. The summed E-state index contributed by atoms with van der Waals surface area (Å²) in [6, 6.07) is 11.4. The Morgan fingerprint density at radius 1 is 0.949 bits per heavy atom. The molecule has 0 aromatic heterocycles. The highest BCUT2D eigenvalue weighted by atomic mass is 16.6. The first kappa shape index (κ1) is 37.7. The second-order valence-electron chi connectivity index (χ2n) is 18.8. The van der Waals surface area contributed by atoms with E-state index in [1.54, 1.807) is 7.11 Å². The number of rotatable bonds is 7. The molecule has 6 fully saturated rings. The Labute approximate surface area is 344 Å². The van der Waals surface area contributed by atoms with Gasteiger partial charge in [0.2, 0.25) is 5.60 Å². The summed E-state index contributed by atoms with van der Waals surface area (Å²) in [6.45, 7) is 8.60. The molecule has 7 aliphatic heterocycles. The van der Waals surface area contributed by atoms with Crippen LogP contribution >= 0.6 is 0 Å². The number of esters is 3. The number of ether oxygens (including phenoxy) is 5. The maximum atomic E-state index is 15.4. The Hall–Kier alpha value is -4.30. The van der Waals surface area contributed by atoms with Crippen molar-refractivity contribution in [1.82, 2.24) is 9.80 Å². The SMILES string of the molecule is CCC12CN3CCC45C(=Nc6ccccc64)C(C(=O)OC)(c4cc6c(cc4OC)N(C)C4C(O)(C(=O)OC)C(OC(C)=O)C7(CC)C=CCN8CCC64C87)CC(C1O2)C35. The summed E-state index contributed by atoms with van der Waals surface area (Å²) < 4.78 is 30.8. The molecule has 4 saturated heterocycles. The third-order valence-corrected chi connectivity index (χ3v) is 17.1. The minimum absolute atomic E-state index is 0.0104. The fourth-order valence-corrected chi connectivity index (χ4v) is 15.2. The quantitative estimate of drug-likeness (QED) is 0.189. The molecular weight excluding hydrogens is 753 g/mol. The fraction of sp³-hybridized carbons (Fsp3) is 0.609. The summed E-state index contributed by atoms with van der Waals surface area (Å²) in [4.78, 5) is 55.3. The van der Waals surface area contributed by atoms with Crippen molar-refractivity contribution < 1.29 is 43.2 Å². The maximum absolute atomic E-state index is 15.4. The normalized spacial score (nSPS) is 42.6. The van der Waals surface area contributed by atoms with E-state index in [1.165, 1.54) is 21.1 Å². The van der Waals surface area contributed by atoms with Gasteiger partial charge in [-0.1, -0.05) is 44.2 Å². The number of carbonyl (C=O) groups is 3. The number of methoxy groups -OCH3 is 3. The Kier molecular flexibility index (Phi) is 7.63. The van der Waals surface area contributed by atoms with Gasteiger partial charge in [-0.05, 0) is 68.5 Å². The Morgan fingerprint density at radius 3 is 2.42 bits per heavy atom. The van der Waals surface area contributed by atoms with Gasteiger partial charge in [0.25, 0.3) is 0 Å². The number of piperidine rings is 1. The van der Waals surface area contributed by atoms with E-state index in [0.29, 0.717) is 43.7 Å². The number of epoxide rings is 1. The lowest BCUT2D eigenvalue weighted by Gasteiger charge is -2.63. The molecule has 0 radical (unpaired) electrons. The number of hydrogen-bond donors (Lipinski definition) is 1. The van der Waals surface area contributed by atoms with Crippen LogP contribution in [0, 0.1) is 11.3 Å². The van der Waals surface area contributed by atoms with E-state index < -0.39 is 57.3 Å². The predicted octanol–water partition coefficient (Wildman–Crippen LogP) is 3.73. The number of anilines is 1. The van der Waals surface area contributed by atoms with Crippen molar-refractivity contribution in [2.75, 3.05) is 59.5 Å². The molecule has 11 rings (SSSR count). The second-order valence-corrected chi connectivity index (χ2v) is 18.8. The highest BCUT2D eigenvalue weighted by molar-refractivity contribution is 6.21. The second kappa shape index (κ2) is 12.0. The molecule has 2 spiro atoms. The molecule has 13 nitrogen and oxygen atoms in total. The largest absolute Gasteiger partial charge is 0.496 e. The van der Waals surface area contributed by atoms with Crippen LogP contribution in [-0.2, 0) is 49.6 Å². The van der Waals surface area contributed by atoms with Gasteiger partial charge in [-0.2, -0.15) is 0 Å². The lowest BCUT2D eigenvalue weighted by atomic mass is 9.47. The molecule has 312 valence electrons. The van der Waals surface area contributed by atoms with Gasteiger partial charge in [0.1, 0.15) is 16.8 Å². The zero-order chi connectivity index (χ0) is 41.2. The van der Waals surface area contributed by atoms with Crippen LogP contribution in [-0.4, -0.2) is 135 Å². The van der Waals surface area contributed by atoms with Gasteiger partial charge in [-0.15, -0.1) is 0 Å². The molecule has 0 amide bonds. The standard InChI is InChI=1S/C46H54N4O9/c1-8-41-15-12-18-49-19-17-44(36(41)49)28-21-29(32(55-5)22-31(28)48(4)37(44)46(54,40(53)57-7)38(41)58-25(3)51)45(39(52)56-6)23-26-33-43(27-13-10-11-14-30(27)47-35(43)45)16-20-50(33)24-42(9-2)34(26)59-42/h10-15,21-22,26,33-34,36-38,54H,8-9,16-20,23-24H2,1-7H3. The predicted molar refractivity (Wildman–Crippen MR) is 216 cm³/mol.